The van der Waals surface area contributed by atoms with Gasteiger partial charge in [0.2, 0.25) is 0 Å². The molecule has 74 valence electrons. The maximum atomic E-state index is 5.99. The molecule has 1 aromatic heterocycles. The lowest BCUT2D eigenvalue weighted by Crippen LogP contribution is -2.17. The molecule has 0 aromatic carbocycles. The standard InChI is InChI=1S/C10H16ClNS/c1-2-9(11)5-6-12-8-10-4-3-7-13-10/h3-4,7,9,12H,2,5-6,8H2,1H3. The van der Waals surface area contributed by atoms with E-state index in [1.54, 1.807) is 11.3 Å². The van der Waals surface area contributed by atoms with Crippen LogP contribution in [0.1, 0.15) is 24.6 Å². The van der Waals surface area contributed by atoms with Crippen molar-refractivity contribution >= 4 is 22.9 Å². The minimum absolute atomic E-state index is 0.329. The predicted octanol–water partition coefficient (Wildman–Crippen LogP) is 3.25. The molecule has 1 nitrogen and oxygen atoms in total. The summed E-state index contributed by atoms with van der Waals surface area (Å²) in [5.41, 5.74) is 0. The molecule has 0 saturated heterocycles. The Bertz CT molecular complexity index is 211. The molecule has 0 aliphatic heterocycles. The first kappa shape index (κ1) is 11.0. The lowest BCUT2D eigenvalue weighted by atomic mass is 10.2. The van der Waals surface area contributed by atoms with Gasteiger partial charge in [-0.1, -0.05) is 13.0 Å². The van der Waals surface area contributed by atoms with Crippen LogP contribution >= 0.6 is 22.9 Å². The van der Waals surface area contributed by atoms with Gasteiger partial charge in [0.15, 0.2) is 0 Å². The van der Waals surface area contributed by atoms with E-state index in [9.17, 15) is 0 Å². The molecule has 1 unspecified atom stereocenters. The normalized spacial score (nSPS) is 13.1. The number of hydrogen-bond donors (Lipinski definition) is 1. The minimum atomic E-state index is 0.329. The molecule has 0 aliphatic carbocycles. The molecule has 0 spiro atoms. The third-order valence-electron chi connectivity index (χ3n) is 1.96. The van der Waals surface area contributed by atoms with Gasteiger partial charge in [-0.25, -0.2) is 0 Å². The van der Waals surface area contributed by atoms with Gasteiger partial charge in [-0.3, -0.25) is 0 Å². The molecule has 3 heteroatoms. The van der Waals surface area contributed by atoms with Crippen molar-refractivity contribution in [1.82, 2.24) is 5.32 Å². The van der Waals surface area contributed by atoms with Crippen LogP contribution in [0.15, 0.2) is 17.5 Å². The van der Waals surface area contributed by atoms with Gasteiger partial charge in [-0.15, -0.1) is 22.9 Å². The van der Waals surface area contributed by atoms with Crippen LogP contribution in [0.3, 0.4) is 0 Å². The Hall–Kier alpha value is -0.0500. The molecule has 0 amide bonds. The van der Waals surface area contributed by atoms with E-state index in [-0.39, 0.29) is 0 Å². The largest absolute Gasteiger partial charge is 0.312 e. The molecular weight excluding hydrogens is 202 g/mol. The maximum Gasteiger partial charge on any atom is 0.0345 e. The monoisotopic (exact) mass is 217 g/mol. The van der Waals surface area contributed by atoms with Crippen molar-refractivity contribution in [1.29, 1.82) is 0 Å². The zero-order valence-corrected chi connectivity index (χ0v) is 9.50. The fourth-order valence-corrected chi connectivity index (χ4v) is 1.87. The number of thiophene rings is 1. The summed E-state index contributed by atoms with van der Waals surface area (Å²) in [5, 5.41) is 5.81. The molecule has 0 aliphatic rings. The van der Waals surface area contributed by atoms with E-state index in [1.807, 2.05) is 0 Å². The van der Waals surface area contributed by atoms with Gasteiger partial charge in [0.25, 0.3) is 0 Å². The zero-order valence-electron chi connectivity index (χ0n) is 7.92. The second kappa shape index (κ2) is 6.41. The van der Waals surface area contributed by atoms with Crippen molar-refractivity contribution < 1.29 is 0 Å². The van der Waals surface area contributed by atoms with Gasteiger partial charge in [0.05, 0.1) is 0 Å². The van der Waals surface area contributed by atoms with Crippen molar-refractivity contribution in [2.45, 2.75) is 31.7 Å². The average molecular weight is 218 g/mol. The molecular formula is C10H16ClNS. The SMILES string of the molecule is CCC(Cl)CCNCc1cccs1. The number of hydrogen-bond acceptors (Lipinski definition) is 2. The number of nitrogens with one attached hydrogen (secondary N) is 1. The van der Waals surface area contributed by atoms with E-state index >= 15 is 0 Å². The van der Waals surface area contributed by atoms with Crippen molar-refractivity contribution in [2.24, 2.45) is 0 Å². The van der Waals surface area contributed by atoms with Crippen molar-refractivity contribution in [3.8, 4) is 0 Å². The lowest BCUT2D eigenvalue weighted by Gasteiger charge is -2.06. The Labute approximate surface area is 89.1 Å². The third-order valence-corrected chi connectivity index (χ3v) is 3.36. The van der Waals surface area contributed by atoms with E-state index in [4.69, 9.17) is 11.6 Å². The Kier molecular flexibility index (Phi) is 5.44. The van der Waals surface area contributed by atoms with Crippen LogP contribution in [0.25, 0.3) is 0 Å². The topological polar surface area (TPSA) is 12.0 Å². The molecule has 0 fully saturated rings. The van der Waals surface area contributed by atoms with Crippen LogP contribution in [0.2, 0.25) is 0 Å². The van der Waals surface area contributed by atoms with Crippen LogP contribution in [-0.4, -0.2) is 11.9 Å². The number of alkyl halides is 1. The summed E-state index contributed by atoms with van der Waals surface area (Å²) < 4.78 is 0. The quantitative estimate of drug-likeness (QED) is 0.570. The summed E-state index contributed by atoms with van der Waals surface area (Å²) >= 11 is 7.78. The van der Waals surface area contributed by atoms with Crippen molar-refractivity contribution in [3.63, 3.8) is 0 Å². The molecule has 0 saturated carbocycles. The van der Waals surface area contributed by atoms with Gasteiger partial charge in [-0.2, -0.15) is 0 Å². The van der Waals surface area contributed by atoms with Gasteiger partial charge >= 0.3 is 0 Å². The second-order valence-corrected chi connectivity index (χ2v) is 4.70. The van der Waals surface area contributed by atoms with Gasteiger partial charge in [0.1, 0.15) is 0 Å². The fraction of sp³-hybridized carbons (Fsp3) is 0.600. The first-order valence-corrected chi connectivity index (χ1v) is 6.01. The Morgan fingerprint density at radius 1 is 1.62 bits per heavy atom. The second-order valence-electron chi connectivity index (χ2n) is 3.05. The minimum Gasteiger partial charge on any atom is -0.312 e. The van der Waals surface area contributed by atoms with Crippen LogP contribution in [0, 0.1) is 0 Å². The van der Waals surface area contributed by atoms with E-state index < -0.39 is 0 Å². The summed E-state index contributed by atoms with van der Waals surface area (Å²) in [6.45, 7) is 4.11. The highest BCUT2D eigenvalue weighted by molar-refractivity contribution is 7.09. The maximum absolute atomic E-state index is 5.99. The van der Waals surface area contributed by atoms with Crippen LogP contribution in [0.4, 0.5) is 0 Å². The predicted molar refractivity (Wildman–Crippen MR) is 60.6 cm³/mol. The molecule has 13 heavy (non-hydrogen) atoms. The first-order chi connectivity index (χ1) is 6.33. The van der Waals surface area contributed by atoms with Crippen LogP contribution < -0.4 is 5.32 Å². The molecule has 1 aromatic rings. The fourth-order valence-electron chi connectivity index (χ4n) is 1.09. The summed E-state index contributed by atoms with van der Waals surface area (Å²) in [6, 6.07) is 4.23. The highest BCUT2D eigenvalue weighted by Crippen LogP contribution is 2.08. The Morgan fingerprint density at radius 2 is 2.46 bits per heavy atom. The van der Waals surface area contributed by atoms with Crippen LogP contribution in [-0.2, 0) is 6.54 Å². The number of halogens is 1. The smallest absolute Gasteiger partial charge is 0.0345 e. The van der Waals surface area contributed by atoms with E-state index in [0.717, 1.165) is 25.9 Å². The third kappa shape index (κ3) is 4.65. The summed E-state index contributed by atoms with van der Waals surface area (Å²) in [5.74, 6) is 0. The average Bonchev–Trinajstić information content (AvgIpc) is 2.64. The lowest BCUT2D eigenvalue weighted by molar-refractivity contribution is 0.625. The van der Waals surface area contributed by atoms with Crippen molar-refractivity contribution in [2.75, 3.05) is 6.54 Å². The molecule has 1 N–H and O–H groups in total. The number of rotatable bonds is 6. The highest BCUT2D eigenvalue weighted by atomic mass is 35.5. The van der Waals surface area contributed by atoms with E-state index in [2.05, 4.69) is 29.8 Å². The van der Waals surface area contributed by atoms with Gasteiger partial charge in [0, 0.05) is 16.8 Å². The van der Waals surface area contributed by atoms with Gasteiger partial charge < -0.3 is 5.32 Å². The summed E-state index contributed by atoms with van der Waals surface area (Å²) in [4.78, 5) is 1.39. The van der Waals surface area contributed by atoms with Gasteiger partial charge in [-0.05, 0) is 30.8 Å². The van der Waals surface area contributed by atoms with E-state index in [1.165, 1.54) is 4.88 Å². The highest BCUT2D eigenvalue weighted by Gasteiger charge is 1.99. The molecule has 1 heterocycles. The first-order valence-electron chi connectivity index (χ1n) is 4.70. The van der Waals surface area contributed by atoms with Crippen LogP contribution in [0.5, 0.6) is 0 Å². The molecule has 0 radical (unpaired) electrons. The summed E-state index contributed by atoms with van der Waals surface area (Å²) in [6.07, 6.45) is 2.12. The Balaban J connectivity index is 2.02. The Morgan fingerprint density at radius 3 is 3.08 bits per heavy atom. The van der Waals surface area contributed by atoms with E-state index in [0.29, 0.717) is 5.38 Å². The molecule has 0 bridgehead atoms. The molecule has 1 rings (SSSR count). The van der Waals surface area contributed by atoms with Crippen molar-refractivity contribution in [3.05, 3.63) is 22.4 Å². The summed E-state index contributed by atoms with van der Waals surface area (Å²) in [7, 11) is 0. The molecule has 1 atom stereocenters. The zero-order chi connectivity index (χ0) is 9.52.